The molecule has 1 spiro atoms. The quantitative estimate of drug-likeness (QED) is 0.170. The Bertz CT molecular complexity index is 3090. The van der Waals surface area contributed by atoms with Crippen molar-refractivity contribution in [2.24, 2.45) is 0 Å². The number of benzene rings is 9. The minimum atomic E-state index is -0.433. The third-order valence-corrected chi connectivity index (χ3v) is 13.4. The van der Waals surface area contributed by atoms with Gasteiger partial charge in [0.1, 0.15) is 0 Å². The van der Waals surface area contributed by atoms with Gasteiger partial charge in [0.15, 0.2) is 0 Å². The molecule has 0 saturated carbocycles. The lowest BCUT2D eigenvalue weighted by Gasteiger charge is -2.32. The fourth-order valence-corrected chi connectivity index (χ4v) is 11.1. The number of anilines is 3. The Morgan fingerprint density at radius 2 is 0.860 bits per heavy atom. The van der Waals surface area contributed by atoms with E-state index in [2.05, 4.69) is 217 Å². The molecule has 0 fully saturated rings. The molecule has 0 amide bonds. The number of hydrogen-bond acceptors (Lipinski definition) is 2. The number of rotatable bonds is 5. The van der Waals surface area contributed by atoms with E-state index in [1.165, 1.54) is 92.6 Å². The summed E-state index contributed by atoms with van der Waals surface area (Å²) >= 11 is 1.87. The lowest BCUT2D eigenvalue weighted by Crippen LogP contribution is -2.26. The molecular weight excluding hydrogens is 707 g/mol. The highest BCUT2D eigenvalue weighted by Crippen LogP contribution is 2.64. The van der Waals surface area contributed by atoms with Gasteiger partial charge in [-0.3, -0.25) is 0 Å². The van der Waals surface area contributed by atoms with E-state index in [0.717, 1.165) is 11.4 Å². The second-order valence-electron chi connectivity index (χ2n) is 15.2. The van der Waals surface area contributed by atoms with Crippen LogP contribution >= 0.6 is 11.3 Å². The average molecular weight is 742 g/mol. The fraction of sp³-hybridized carbons (Fsp3) is 0.0182. The van der Waals surface area contributed by atoms with Crippen LogP contribution < -0.4 is 4.90 Å². The van der Waals surface area contributed by atoms with Crippen LogP contribution in [0.3, 0.4) is 0 Å². The molecular formula is C55H35NS. The summed E-state index contributed by atoms with van der Waals surface area (Å²) in [6.45, 7) is 0. The highest BCUT2D eigenvalue weighted by Gasteiger charge is 2.52. The molecule has 0 aliphatic heterocycles. The second kappa shape index (κ2) is 12.5. The monoisotopic (exact) mass is 741 g/mol. The van der Waals surface area contributed by atoms with Crippen LogP contribution in [0.5, 0.6) is 0 Å². The minimum absolute atomic E-state index is 0.433. The van der Waals surface area contributed by atoms with E-state index < -0.39 is 5.41 Å². The van der Waals surface area contributed by atoms with E-state index in [1.54, 1.807) is 0 Å². The Labute approximate surface area is 336 Å². The predicted octanol–water partition coefficient (Wildman–Crippen LogP) is 15.2. The number of hydrogen-bond donors (Lipinski definition) is 0. The zero-order chi connectivity index (χ0) is 37.5. The summed E-state index contributed by atoms with van der Waals surface area (Å²) < 4.78 is 2.59. The molecule has 2 aliphatic carbocycles. The Hall–Kier alpha value is -7.00. The maximum absolute atomic E-state index is 2.53. The smallest absolute Gasteiger partial charge is 0.0726 e. The highest BCUT2D eigenvalue weighted by atomic mass is 32.1. The number of fused-ring (bicyclic) bond motifs is 13. The molecule has 1 nitrogen and oxygen atoms in total. The molecule has 0 bridgehead atoms. The first-order valence-corrected chi connectivity index (χ1v) is 20.5. The van der Waals surface area contributed by atoms with Crippen molar-refractivity contribution in [1.82, 2.24) is 0 Å². The van der Waals surface area contributed by atoms with Gasteiger partial charge < -0.3 is 4.90 Å². The minimum Gasteiger partial charge on any atom is -0.310 e. The SMILES string of the molecule is c1ccc(-c2cc(-c3ccccc3)cc(N(c3ccc4c(c3)sc3ccccc34)c3cccc4c3-c3ccccc3C43c4ccccc4-c4ccccc43)c2)cc1. The van der Waals surface area contributed by atoms with Crippen LogP contribution in [0.1, 0.15) is 22.3 Å². The number of nitrogens with zero attached hydrogens (tertiary/aromatic N) is 1. The van der Waals surface area contributed by atoms with Crippen LogP contribution in [0, 0.1) is 0 Å². The van der Waals surface area contributed by atoms with Gasteiger partial charge in [0, 0.05) is 37.1 Å². The fourth-order valence-electron chi connectivity index (χ4n) is 9.93. The van der Waals surface area contributed by atoms with E-state index in [9.17, 15) is 0 Å². The summed E-state index contributed by atoms with van der Waals surface area (Å²) in [4.78, 5) is 2.53. The van der Waals surface area contributed by atoms with Crippen molar-refractivity contribution < 1.29 is 0 Å². The van der Waals surface area contributed by atoms with E-state index in [0.29, 0.717) is 0 Å². The molecule has 0 N–H and O–H groups in total. The van der Waals surface area contributed by atoms with Crippen molar-refractivity contribution in [2.75, 3.05) is 4.90 Å². The van der Waals surface area contributed by atoms with E-state index in [1.807, 2.05) is 11.3 Å². The molecule has 266 valence electrons. The average Bonchev–Trinajstić information content (AvgIpc) is 3.91. The van der Waals surface area contributed by atoms with Gasteiger partial charge >= 0.3 is 0 Å². The van der Waals surface area contributed by atoms with Crippen molar-refractivity contribution in [2.45, 2.75) is 5.41 Å². The van der Waals surface area contributed by atoms with Crippen LogP contribution in [-0.2, 0) is 5.41 Å². The van der Waals surface area contributed by atoms with Gasteiger partial charge in [-0.15, -0.1) is 11.3 Å². The predicted molar refractivity (Wildman–Crippen MR) is 241 cm³/mol. The molecule has 0 saturated heterocycles. The van der Waals surface area contributed by atoms with Crippen molar-refractivity contribution in [3.8, 4) is 44.5 Å². The van der Waals surface area contributed by atoms with E-state index >= 15 is 0 Å². The molecule has 1 heterocycles. The lowest BCUT2D eigenvalue weighted by molar-refractivity contribution is 0.794. The van der Waals surface area contributed by atoms with Crippen LogP contribution in [0.2, 0.25) is 0 Å². The van der Waals surface area contributed by atoms with Crippen LogP contribution in [-0.4, -0.2) is 0 Å². The maximum Gasteiger partial charge on any atom is 0.0726 e. The third kappa shape index (κ3) is 4.68. The maximum atomic E-state index is 2.53. The Balaban J connectivity index is 1.18. The van der Waals surface area contributed by atoms with Gasteiger partial charge in [0.25, 0.3) is 0 Å². The summed E-state index contributed by atoms with van der Waals surface area (Å²) in [6.07, 6.45) is 0. The van der Waals surface area contributed by atoms with Gasteiger partial charge in [-0.25, -0.2) is 0 Å². The zero-order valence-corrected chi connectivity index (χ0v) is 31.9. The summed E-state index contributed by atoms with van der Waals surface area (Å²) in [5, 5.41) is 2.60. The standard InChI is InChI=1S/C55H35NS/c1-3-16-36(17-4-1)38-32-39(37-18-5-2-6-19-37)34-41(33-38)56(40-30-31-45-44-22-10-14-29-52(44)57-53(45)35-40)51-28-15-27-50-54(51)46-23-9-13-26-49(46)55(50)47-24-11-7-20-42(47)43-21-8-12-25-48(43)55/h1-35H. The van der Waals surface area contributed by atoms with Crippen molar-refractivity contribution in [3.05, 3.63) is 235 Å². The Morgan fingerprint density at radius 3 is 1.53 bits per heavy atom. The topological polar surface area (TPSA) is 3.24 Å². The molecule has 2 aliphatic rings. The molecule has 0 atom stereocenters. The van der Waals surface area contributed by atoms with Crippen LogP contribution in [0.4, 0.5) is 17.1 Å². The van der Waals surface area contributed by atoms with E-state index in [-0.39, 0.29) is 0 Å². The van der Waals surface area contributed by atoms with Gasteiger partial charge in [-0.2, -0.15) is 0 Å². The molecule has 12 rings (SSSR count). The highest BCUT2D eigenvalue weighted by molar-refractivity contribution is 7.25. The Kier molecular flexibility index (Phi) is 7.08. The van der Waals surface area contributed by atoms with Crippen LogP contribution in [0.15, 0.2) is 212 Å². The van der Waals surface area contributed by atoms with Gasteiger partial charge in [0.05, 0.1) is 11.1 Å². The van der Waals surface area contributed by atoms with Gasteiger partial charge in [-0.1, -0.05) is 170 Å². The largest absolute Gasteiger partial charge is 0.310 e. The second-order valence-corrected chi connectivity index (χ2v) is 16.3. The molecule has 10 aromatic rings. The first-order chi connectivity index (χ1) is 28.3. The molecule has 9 aromatic carbocycles. The molecule has 0 unspecified atom stereocenters. The summed E-state index contributed by atoms with van der Waals surface area (Å²) in [5.74, 6) is 0. The molecule has 57 heavy (non-hydrogen) atoms. The summed E-state index contributed by atoms with van der Waals surface area (Å²) in [5.41, 5.74) is 18.3. The Morgan fingerprint density at radius 1 is 0.333 bits per heavy atom. The number of thiophene rings is 1. The normalized spacial score (nSPS) is 13.1. The van der Waals surface area contributed by atoms with Gasteiger partial charge in [-0.05, 0) is 104 Å². The van der Waals surface area contributed by atoms with E-state index in [4.69, 9.17) is 0 Å². The van der Waals surface area contributed by atoms with Crippen molar-refractivity contribution >= 4 is 48.6 Å². The molecule has 2 heteroatoms. The third-order valence-electron chi connectivity index (χ3n) is 12.3. The van der Waals surface area contributed by atoms with Gasteiger partial charge in [0.2, 0.25) is 0 Å². The molecule has 0 radical (unpaired) electrons. The molecule has 1 aromatic heterocycles. The lowest BCUT2D eigenvalue weighted by atomic mass is 9.70. The summed E-state index contributed by atoms with van der Waals surface area (Å²) in [7, 11) is 0. The first kappa shape index (κ1) is 32.3. The van der Waals surface area contributed by atoms with Crippen LogP contribution in [0.25, 0.3) is 64.7 Å². The van der Waals surface area contributed by atoms with Crippen molar-refractivity contribution in [3.63, 3.8) is 0 Å². The summed E-state index contributed by atoms with van der Waals surface area (Å²) in [6, 6.07) is 78.8. The zero-order valence-electron chi connectivity index (χ0n) is 31.1. The first-order valence-electron chi connectivity index (χ1n) is 19.7. The van der Waals surface area contributed by atoms with Crippen molar-refractivity contribution in [1.29, 1.82) is 0 Å².